The molecule has 3 amide bonds. The van der Waals surface area contributed by atoms with E-state index in [9.17, 15) is 23.8 Å². The van der Waals surface area contributed by atoms with Crippen molar-refractivity contribution in [3.63, 3.8) is 0 Å². The molecule has 4 rings (SSSR count). The van der Waals surface area contributed by atoms with Crippen LogP contribution in [-0.4, -0.2) is 102 Å². The molecule has 43 heavy (non-hydrogen) atoms. The van der Waals surface area contributed by atoms with Gasteiger partial charge in [0.15, 0.2) is 0 Å². The summed E-state index contributed by atoms with van der Waals surface area (Å²) in [5.74, 6) is -1.16. The number of piperazine rings is 1. The van der Waals surface area contributed by atoms with E-state index < -0.39 is 37.7 Å². The molecule has 0 bridgehead atoms. The molecule has 2 aliphatic rings. The second-order valence-corrected chi connectivity index (χ2v) is 12.6. The summed E-state index contributed by atoms with van der Waals surface area (Å²) in [7, 11) is -4.20. The summed E-state index contributed by atoms with van der Waals surface area (Å²) >= 11 is 0. The molecule has 3 heterocycles. The number of nitrogens with one attached hydrogen (secondary N) is 1. The van der Waals surface area contributed by atoms with Crippen LogP contribution in [0.25, 0.3) is 11.3 Å². The molecular formula is C30H42N5O7P. The number of aromatic nitrogens is 1. The molecule has 2 unspecified atom stereocenters. The first-order valence-electron chi connectivity index (χ1n) is 15.0. The van der Waals surface area contributed by atoms with Gasteiger partial charge in [0, 0.05) is 50.5 Å². The minimum atomic E-state index is -4.20. The second kappa shape index (κ2) is 15.3. The van der Waals surface area contributed by atoms with Crippen LogP contribution in [-0.2, 0) is 18.6 Å². The zero-order chi connectivity index (χ0) is 30.8. The highest BCUT2D eigenvalue weighted by molar-refractivity contribution is 7.52. The standard InChI is InChI=1S/C30H42N5O7P/c1-3-5-19-41-30(38)35-17-15-34(16-18-35)29(37)27(22-43(39,40)42-4-2)32-28(36)26-21-24(33-13-9-10-14-33)20-25(31-26)23-11-7-6-8-12-23/h6-8,11-12,20-21,27H,3-5,9-10,13-19,22H2,1-2H3,(H,32,36)(H,39,40). The smallest absolute Gasteiger partial charge is 0.409 e. The maximum absolute atomic E-state index is 13.7. The first-order chi connectivity index (χ1) is 20.7. The Balaban J connectivity index is 1.53. The van der Waals surface area contributed by atoms with Gasteiger partial charge in [-0.05, 0) is 38.3 Å². The Morgan fingerprint density at radius 3 is 2.33 bits per heavy atom. The molecule has 0 spiro atoms. The Labute approximate surface area is 252 Å². The number of carbonyl (C=O) groups excluding carboxylic acids is 3. The molecule has 0 saturated carbocycles. The van der Waals surface area contributed by atoms with Crippen LogP contribution in [0.4, 0.5) is 10.5 Å². The van der Waals surface area contributed by atoms with E-state index in [0.29, 0.717) is 12.3 Å². The number of benzene rings is 1. The SMILES string of the molecule is CCCCOC(=O)N1CCN(C(=O)C(CP(=O)(O)OCC)NC(=O)c2cc(N3CCCC3)cc(-c3ccccc3)n2)CC1. The van der Waals surface area contributed by atoms with Crippen molar-refractivity contribution in [1.29, 1.82) is 0 Å². The molecule has 2 fully saturated rings. The van der Waals surface area contributed by atoms with Crippen LogP contribution in [0.3, 0.4) is 0 Å². The molecule has 2 atom stereocenters. The van der Waals surface area contributed by atoms with Crippen molar-refractivity contribution in [2.45, 2.75) is 45.6 Å². The molecule has 2 N–H and O–H groups in total. The third-order valence-electron chi connectivity index (χ3n) is 7.50. The van der Waals surface area contributed by atoms with Crippen LogP contribution in [0.5, 0.6) is 0 Å². The lowest BCUT2D eigenvalue weighted by atomic mass is 10.1. The fourth-order valence-corrected chi connectivity index (χ4v) is 6.39. The minimum absolute atomic E-state index is 0.0265. The number of rotatable bonds is 12. The van der Waals surface area contributed by atoms with Crippen LogP contribution >= 0.6 is 7.60 Å². The van der Waals surface area contributed by atoms with Crippen molar-refractivity contribution >= 4 is 31.2 Å². The Hall–Kier alpha value is -3.47. The number of anilines is 1. The van der Waals surface area contributed by atoms with Gasteiger partial charge in [-0.25, -0.2) is 9.78 Å². The monoisotopic (exact) mass is 615 g/mol. The molecule has 2 saturated heterocycles. The van der Waals surface area contributed by atoms with Crippen LogP contribution in [0.1, 0.15) is 50.0 Å². The number of ether oxygens (including phenoxy) is 1. The first kappa shape index (κ1) is 32.4. The molecule has 0 aliphatic carbocycles. The lowest BCUT2D eigenvalue weighted by molar-refractivity contribution is -0.134. The van der Waals surface area contributed by atoms with E-state index in [1.165, 1.54) is 9.80 Å². The van der Waals surface area contributed by atoms with E-state index in [0.717, 1.165) is 50.0 Å². The molecule has 2 aromatic rings. The highest BCUT2D eigenvalue weighted by atomic mass is 31.2. The summed E-state index contributed by atoms with van der Waals surface area (Å²) in [5.41, 5.74) is 2.41. The first-order valence-corrected chi connectivity index (χ1v) is 16.8. The highest BCUT2D eigenvalue weighted by Crippen LogP contribution is 2.42. The van der Waals surface area contributed by atoms with Crippen LogP contribution < -0.4 is 10.2 Å². The summed E-state index contributed by atoms with van der Waals surface area (Å²) in [6, 6.07) is 11.8. The van der Waals surface area contributed by atoms with Gasteiger partial charge in [-0.15, -0.1) is 0 Å². The van der Waals surface area contributed by atoms with Gasteiger partial charge in [-0.3, -0.25) is 14.2 Å². The summed E-state index contributed by atoms with van der Waals surface area (Å²) < 4.78 is 23.1. The second-order valence-electron chi connectivity index (χ2n) is 10.7. The number of unbranched alkanes of at least 4 members (excludes halogenated alkanes) is 1. The number of amides is 3. The van der Waals surface area contributed by atoms with Crippen LogP contribution in [0.2, 0.25) is 0 Å². The van der Waals surface area contributed by atoms with Crippen molar-refractivity contribution in [3.05, 3.63) is 48.2 Å². The molecule has 13 heteroatoms. The molecular weight excluding hydrogens is 573 g/mol. The van der Waals surface area contributed by atoms with Gasteiger partial charge in [-0.2, -0.15) is 0 Å². The fourth-order valence-electron chi connectivity index (χ4n) is 5.17. The summed E-state index contributed by atoms with van der Waals surface area (Å²) in [6.45, 7) is 6.51. The van der Waals surface area contributed by atoms with Gasteiger partial charge >= 0.3 is 13.7 Å². The molecule has 1 aromatic heterocycles. The maximum atomic E-state index is 13.7. The Kier molecular flexibility index (Phi) is 11.6. The van der Waals surface area contributed by atoms with Crippen molar-refractivity contribution in [2.24, 2.45) is 0 Å². The summed E-state index contributed by atoms with van der Waals surface area (Å²) in [5, 5.41) is 2.68. The third kappa shape index (κ3) is 9.01. The topological polar surface area (TPSA) is 142 Å². The molecule has 2 aliphatic heterocycles. The van der Waals surface area contributed by atoms with Gasteiger partial charge in [0.25, 0.3) is 5.91 Å². The quantitative estimate of drug-likeness (QED) is 0.270. The lowest BCUT2D eigenvalue weighted by Gasteiger charge is -2.36. The predicted molar refractivity (Wildman–Crippen MR) is 163 cm³/mol. The fraction of sp³-hybridized carbons (Fsp3) is 0.533. The normalized spacial score (nSPS) is 17.3. The largest absolute Gasteiger partial charge is 0.449 e. The van der Waals surface area contributed by atoms with Crippen LogP contribution in [0, 0.1) is 0 Å². The van der Waals surface area contributed by atoms with Gasteiger partial charge in [0.1, 0.15) is 11.7 Å². The number of carbonyl (C=O) groups is 3. The third-order valence-corrected chi connectivity index (χ3v) is 8.99. The summed E-state index contributed by atoms with van der Waals surface area (Å²) in [4.78, 5) is 59.9. The van der Waals surface area contributed by atoms with Gasteiger partial charge in [0.05, 0.1) is 25.1 Å². The highest BCUT2D eigenvalue weighted by Gasteiger charge is 2.36. The summed E-state index contributed by atoms with van der Waals surface area (Å²) in [6.07, 6.45) is 2.75. The Morgan fingerprint density at radius 1 is 1.00 bits per heavy atom. The van der Waals surface area contributed by atoms with E-state index in [-0.39, 0.29) is 38.5 Å². The molecule has 0 radical (unpaired) electrons. The Bertz CT molecular complexity index is 1300. The minimum Gasteiger partial charge on any atom is -0.449 e. The van der Waals surface area contributed by atoms with Gasteiger partial charge in [0.2, 0.25) is 5.91 Å². The van der Waals surface area contributed by atoms with E-state index >= 15 is 0 Å². The van der Waals surface area contributed by atoms with Crippen molar-refractivity contribution in [2.75, 3.05) is 63.5 Å². The number of hydrogen-bond acceptors (Lipinski definition) is 8. The number of pyridine rings is 1. The molecule has 234 valence electrons. The zero-order valence-electron chi connectivity index (χ0n) is 24.9. The van der Waals surface area contributed by atoms with Crippen molar-refractivity contribution < 1.29 is 33.1 Å². The average molecular weight is 616 g/mol. The predicted octanol–water partition coefficient (Wildman–Crippen LogP) is 3.75. The van der Waals surface area contributed by atoms with Crippen LogP contribution in [0.15, 0.2) is 42.5 Å². The van der Waals surface area contributed by atoms with Gasteiger partial charge in [-0.1, -0.05) is 43.7 Å². The van der Waals surface area contributed by atoms with E-state index in [1.807, 2.05) is 43.3 Å². The van der Waals surface area contributed by atoms with Crippen molar-refractivity contribution in [3.8, 4) is 11.3 Å². The van der Waals surface area contributed by atoms with E-state index in [1.54, 1.807) is 13.0 Å². The average Bonchev–Trinajstić information content (AvgIpc) is 3.56. The number of hydrogen-bond donors (Lipinski definition) is 2. The van der Waals surface area contributed by atoms with Crippen molar-refractivity contribution in [1.82, 2.24) is 20.1 Å². The number of nitrogens with zero attached hydrogens (tertiary/aromatic N) is 4. The van der Waals surface area contributed by atoms with E-state index in [2.05, 4.69) is 15.2 Å². The molecule has 12 nitrogen and oxygen atoms in total. The van der Waals surface area contributed by atoms with E-state index in [4.69, 9.17) is 9.26 Å². The molecule has 1 aromatic carbocycles. The Morgan fingerprint density at radius 2 is 1.67 bits per heavy atom. The lowest BCUT2D eigenvalue weighted by Crippen LogP contribution is -2.56. The maximum Gasteiger partial charge on any atom is 0.409 e. The zero-order valence-corrected chi connectivity index (χ0v) is 25.8. The van der Waals surface area contributed by atoms with Gasteiger partial charge < -0.3 is 34.2 Å².